The van der Waals surface area contributed by atoms with Gasteiger partial charge in [-0.1, -0.05) is 20.8 Å². The Morgan fingerprint density at radius 3 is 2.45 bits per heavy atom. The van der Waals surface area contributed by atoms with Crippen LogP contribution in [0, 0.1) is 0 Å². The molecule has 0 aliphatic heterocycles. The topological polar surface area (TPSA) is 68.5 Å². The third-order valence-corrected chi connectivity index (χ3v) is 2.99. The van der Waals surface area contributed by atoms with Crippen LogP contribution in [0.3, 0.4) is 0 Å². The number of hydrogen-bond acceptors (Lipinski definition) is 5. The number of aromatic nitrogens is 5. The van der Waals surface area contributed by atoms with Crippen molar-refractivity contribution in [3.63, 3.8) is 0 Å². The molecule has 2 aromatic rings. The maximum Gasteiger partial charge on any atom is 0.252 e. The molecule has 2 rings (SSSR count). The lowest BCUT2D eigenvalue weighted by atomic mass is 10.3. The Balaban J connectivity index is 2.14. The Bertz CT molecular complexity index is 531. The first-order valence-electron chi connectivity index (χ1n) is 7.25. The van der Waals surface area contributed by atoms with Crippen LogP contribution in [0.2, 0.25) is 0 Å². The van der Waals surface area contributed by atoms with E-state index in [9.17, 15) is 0 Å². The zero-order chi connectivity index (χ0) is 14.4. The molecule has 0 aliphatic carbocycles. The van der Waals surface area contributed by atoms with Crippen molar-refractivity contribution in [1.82, 2.24) is 30.0 Å². The van der Waals surface area contributed by atoms with Crippen LogP contribution in [0.5, 0.6) is 0 Å². The molecular weight excluding hydrogens is 252 g/mol. The normalized spacial score (nSPS) is 10.9. The van der Waals surface area contributed by atoms with Crippen molar-refractivity contribution in [1.29, 1.82) is 0 Å². The zero-order valence-corrected chi connectivity index (χ0v) is 12.4. The third-order valence-electron chi connectivity index (χ3n) is 2.99. The highest BCUT2D eigenvalue weighted by atomic mass is 15.4. The van der Waals surface area contributed by atoms with Gasteiger partial charge in [-0.2, -0.15) is 4.68 Å². The smallest absolute Gasteiger partial charge is 0.252 e. The van der Waals surface area contributed by atoms with Gasteiger partial charge >= 0.3 is 0 Å². The molecular formula is C14H22N6. The summed E-state index contributed by atoms with van der Waals surface area (Å²) < 4.78 is 1.74. The quantitative estimate of drug-likeness (QED) is 0.778. The predicted octanol–water partition coefficient (Wildman–Crippen LogP) is 1.68. The second kappa shape index (κ2) is 7.09. The van der Waals surface area contributed by atoms with Crippen LogP contribution in [0.15, 0.2) is 12.4 Å². The van der Waals surface area contributed by atoms with Crippen LogP contribution in [-0.2, 0) is 19.4 Å². The Hall–Kier alpha value is -1.82. The first kappa shape index (κ1) is 14.6. The van der Waals surface area contributed by atoms with E-state index in [0.29, 0.717) is 5.95 Å². The number of hydrogen-bond donors (Lipinski definition) is 1. The lowest BCUT2D eigenvalue weighted by molar-refractivity contribution is 0.668. The molecule has 6 nitrogen and oxygen atoms in total. The molecule has 0 unspecified atom stereocenters. The van der Waals surface area contributed by atoms with Crippen molar-refractivity contribution in [2.75, 3.05) is 6.54 Å². The van der Waals surface area contributed by atoms with Gasteiger partial charge in [0.25, 0.3) is 5.95 Å². The van der Waals surface area contributed by atoms with E-state index in [1.807, 2.05) is 19.3 Å². The van der Waals surface area contributed by atoms with Crippen LogP contribution in [0.25, 0.3) is 5.95 Å². The first-order valence-corrected chi connectivity index (χ1v) is 7.25. The van der Waals surface area contributed by atoms with Gasteiger partial charge in [-0.05, 0) is 13.0 Å². The Morgan fingerprint density at radius 1 is 1.10 bits per heavy atom. The number of rotatable bonds is 7. The number of nitrogens with one attached hydrogen (secondary N) is 1. The highest BCUT2D eigenvalue weighted by Crippen LogP contribution is 2.07. The predicted molar refractivity (Wildman–Crippen MR) is 77.7 cm³/mol. The molecule has 6 heteroatoms. The summed E-state index contributed by atoms with van der Waals surface area (Å²) in [6.45, 7) is 8.05. The number of aryl methyl sites for hydroxylation is 2. The van der Waals surface area contributed by atoms with E-state index in [-0.39, 0.29) is 0 Å². The van der Waals surface area contributed by atoms with Crippen LogP contribution < -0.4 is 5.32 Å². The minimum Gasteiger partial charge on any atom is -0.313 e. The molecule has 0 fully saturated rings. The minimum atomic E-state index is 0.591. The van der Waals surface area contributed by atoms with Crippen molar-refractivity contribution < 1.29 is 0 Å². The zero-order valence-electron chi connectivity index (χ0n) is 12.4. The van der Waals surface area contributed by atoms with Crippen molar-refractivity contribution in [2.45, 2.75) is 46.6 Å². The molecule has 2 aromatic heterocycles. The van der Waals surface area contributed by atoms with Gasteiger partial charge in [0.1, 0.15) is 5.82 Å². The summed E-state index contributed by atoms with van der Waals surface area (Å²) in [4.78, 5) is 13.3. The van der Waals surface area contributed by atoms with E-state index in [2.05, 4.69) is 39.2 Å². The molecule has 2 heterocycles. The molecule has 0 atom stereocenters. The maximum atomic E-state index is 4.47. The minimum absolute atomic E-state index is 0.591. The molecule has 0 amide bonds. The molecule has 20 heavy (non-hydrogen) atoms. The fourth-order valence-corrected chi connectivity index (χ4v) is 1.89. The van der Waals surface area contributed by atoms with Crippen LogP contribution >= 0.6 is 0 Å². The van der Waals surface area contributed by atoms with Gasteiger partial charge < -0.3 is 5.32 Å². The number of nitrogens with zero attached hydrogens (tertiary/aromatic N) is 5. The molecule has 1 N–H and O–H groups in total. The van der Waals surface area contributed by atoms with Gasteiger partial charge in [0, 0.05) is 37.3 Å². The SMILES string of the molecule is CCCNCc1cnc(-n2nc(CC)nc2CC)nc1. The van der Waals surface area contributed by atoms with Crippen molar-refractivity contribution >= 4 is 0 Å². The highest BCUT2D eigenvalue weighted by Gasteiger charge is 2.10. The summed E-state index contributed by atoms with van der Waals surface area (Å²) >= 11 is 0. The second-order valence-electron chi connectivity index (χ2n) is 4.63. The molecule has 0 aromatic carbocycles. The summed E-state index contributed by atoms with van der Waals surface area (Å²) in [5, 5.41) is 7.77. The average molecular weight is 274 g/mol. The monoisotopic (exact) mass is 274 g/mol. The second-order valence-corrected chi connectivity index (χ2v) is 4.63. The third kappa shape index (κ3) is 3.39. The largest absolute Gasteiger partial charge is 0.313 e. The molecule has 0 saturated heterocycles. The van der Waals surface area contributed by atoms with Crippen LogP contribution in [0.4, 0.5) is 0 Å². The molecule has 0 radical (unpaired) electrons. The fraction of sp³-hybridized carbons (Fsp3) is 0.571. The van der Waals surface area contributed by atoms with Gasteiger partial charge in [-0.15, -0.1) is 5.10 Å². The van der Waals surface area contributed by atoms with E-state index in [1.54, 1.807) is 4.68 Å². The molecule has 0 aliphatic rings. The van der Waals surface area contributed by atoms with Crippen molar-refractivity contribution in [3.8, 4) is 5.95 Å². The van der Waals surface area contributed by atoms with Crippen LogP contribution in [0.1, 0.15) is 44.4 Å². The van der Waals surface area contributed by atoms with E-state index >= 15 is 0 Å². The molecule has 0 bridgehead atoms. The van der Waals surface area contributed by atoms with E-state index in [0.717, 1.165) is 49.6 Å². The Labute approximate surface area is 119 Å². The van der Waals surface area contributed by atoms with Gasteiger partial charge in [0.05, 0.1) is 0 Å². The lowest BCUT2D eigenvalue weighted by Crippen LogP contribution is -2.15. The summed E-state index contributed by atoms with van der Waals surface area (Å²) in [5.41, 5.74) is 1.08. The van der Waals surface area contributed by atoms with Gasteiger partial charge in [-0.25, -0.2) is 15.0 Å². The van der Waals surface area contributed by atoms with Crippen molar-refractivity contribution in [2.24, 2.45) is 0 Å². The Kier molecular flexibility index (Phi) is 5.17. The molecule has 108 valence electrons. The average Bonchev–Trinajstić information content (AvgIpc) is 2.91. The van der Waals surface area contributed by atoms with Gasteiger partial charge in [0.15, 0.2) is 5.82 Å². The molecule has 0 spiro atoms. The summed E-state index contributed by atoms with van der Waals surface area (Å²) in [6.07, 6.45) is 6.45. The van der Waals surface area contributed by atoms with Crippen LogP contribution in [-0.4, -0.2) is 31.3 Å². The van der Waals surface area contributed by atoms with E-state index in [1.165, 1.54) is 0 Å². The maximum absolute atomic E-state index is 4.47. The van der Waals surface area contributed by atoms with E-state index in [4.69, 9.17) is 0 Å². The fourth-order valence-electron chi connectivity index (χ4n) is 1.89. The van der Waals surface area contributed by atoms with Gasteiger partial charge in [0.2, 0.25) is 0 Å². The lowest BCUT2D eigenvalue weighted by Gasteiger charge is -2.05. The van der Waals surface area contributed by atoms with Crippen molar-refractivity contribution in [3.05, 3.63) is 29.6 Å². The Morgan fingerprint density at radius 2 is 1.85 bits per heavy atom. The first-order chi connectivity index (χ1) is 9.78. The molecule has 0 saturated carbocycles. The summed E-state index contributed by atoms with van der Waals surface area (Å²) in [7, 11) is 0. The highest BCUT2D eigenvalue weighted by molar-refractivity contribution is 5.16. The standard InChI is InChI=1S/C14H22N6/c1-4-7-15-8-11-9-16-14(17-10-11)20-13(6-3)18-12(5-2)19-20/h9-10,15H,4-8H2,1-3H3. The summed E-state index contributed by atoms with van der Waals surface area (Å²) in [6, 6.07) is 0. The summed E-state index contributed by atoms with van der Waals surface area (Å²) in [5.74, 6) is 2.33. The van der Waals surface area contributed by atoms with E-state index < -0.39 is 0 Å². The van der Waals surface area contributed by atoms with Gasteiger partial charge in [-0.3, -0.25) is 0 Å².